The standard InChI is InChI=1S/C17H14F2N4S/c18-15-10(9-20)16(19)22-17(21-15)23-11-5-1-3-7-13(11)24-14-8-4-2-6-12(14)23/h1,3,5,7-8,11-13H,2,4,6H2. The third-order valence-electron chi connectivity index (χ3n) is 4.49. The Labute approximate surface area is 142 Å². The van der Waals surface area contributed by atoms with Crippen molar-refractivity contribution in [1.82, 2.24) is 9.97 Å². The van der Waals surface area contributed by atoms with Crippen molar-refractivity contribution >= 4 is 17.7 Å². The lowest BCUT2D eigenvalue weighted by molar-refractivity contribution is 0.487. The second-order valence-corrected chi connectivity index (χ2v) is 7.15. The Kier molecular flexibility index (Phi) is 3.85. The van der Waals surface area contributed by atoms with E-state index in [4.69, 9.17) is 5.26 Å². The fraction of sp³-hybridized carbons (Fsp3) is 0.353. The minimum atomic E-state index is -1.11. The molecular formula is C17H14F2N4S. The monoisotopic (exact) mass is 344 g/mol. The number of hydrogen-bond acceptors (Lipinski definition) is 5. The first-order valence-corrected chi connectivity index (χ1v) is 8.70. The normalized spacial score (nSPS) is 28.0. The van der Waals surface area contributed by atoms with E-state index in [1.54, 1.807) is 11.8 Å². The molecule has 7 heteroatoms. The summed E-state index contributed by atoms with van der Waals surface area (Å²) in [6.07, 6.45) is 13.1. The second kappa shape index (κ2) is 6.02. The first kappa shape index (κ1) is 15.3. The average molecular weight is 344 g/mol. The fourth-order valence-corrected chi connectivity index (χ4v) is 4.86. The topological polar surface area (TPSA) is 52.8 Å². The molecule has 1 fully saturated rings. The van der Waals surface area contributed by atoms with Gasteiger partial charge in [0.15, 0.2) is 5.56 Å². The number of allylic oxidation sites excluding steroid dienone is 3. The van der Waals surface area contributed by atoms with Crippen LogP contribution in [0.4, 0.5) is 14.7 Å². The number of anilines is 1. The van der Waals surface area contributed by atoms with E-state index in [1.165, 1.54) is 11.0 Å². The van der Waals surface area contributed by atoms with Crippen LogP contribution in [0.15, 0.2) is 35.3 Å². The van der Waals surface area contributed by atoms with E-state index in [-0.39, 0.29) is 23.3 Å². The molecule has 3 unspecified atom stereocenters. The molecule has 1 saturated heterocycles. The predicted molar refractivity (Wildman–Crippen MR) is 88.3 cm³/mol. The van der Waals surface area contributed by atoms with Gasteiger partial charge in [0.25, 0.3) is 0 Å². The van der Waals surface area contributed by atoms with Crippen molar-refractivity contribution in [3.05, 3.63) is 52.7 Å². The zero-order chi connectivity index (χ0) is 16.7. The lowest BCUT2D eigenvalue weighted by Crippen LogP contribution is -2.53. The molecule has 0 saturated carbocycles. The van der Waals surface area contributed by atoms with Crippen molar-refractivity contribution in [2.75, 3.05) is 4.90 Å². The van der Waals surface area contributed by atoms with Crippen LogP contribution in [0.1, 0.15) is 24.8 Å². The van der Waals surface area contributed by atoms with Crippen LogP contribution in [-0.2, 0) is 0 Å². The van der Waals surface area contributed by atoms with Gasteiger partial charge < -0.3 is 4.90 Å². The van der Waals surface area contributed by atoms with Crippen LogP contribution in [0.5, 0.6) is 0 Å². The largest absolute Gasteiger partial charge is 0.325 e. The number of nitrogens with zero attached hydrogens (tertiary/aromatic N) is 4. The molecule has 0 amide bonds. The van der Waals surface area contributed by atoms with E-state index < -0.39 is 17.5 Å². The summed E-state index contributed by atoms with van der Waals surface area (Å²) in [6, 6.07) is 1.43. The molecular weight excluding hydrogens is 330 g/mol. The number of hydrogen-bond donors (Lipinski definition) is 0. The summed E-state index contributed by atoms with van der Waals surface area (Å²) >= 11 is 1.80. The molecule has 1 aromatic heterocycles. The van der Waals surface area contributed by atoms with Gasteiger partial charge in [-0.3, -0.25) is 0 Å². The van der Waals surface area contributed by atoms with Gasteiger partial charge in [0.1, 0.15) is 6.07 Å². The highest BCUT2D eigenvalue weighted by Crippen LogP contribution is 2.45. The SMILES string of the molecule is N#Cc1c(F)nc(N2C3CCCC=C3SC3C=CC=CC32)nc1F. The Morgan fingerprint density at radius 1 is 1.21 bits per heavy atom. The van der Waals surface area contributed by atoms with Crippen molar-refractivity contribution in [3.8, 4) is 6.07 Å². The van der Waals surface area contributed by atoms with Gasteiger partial charge in [0.2, 0.25) is 17.8 Å². The van der Waals surface area contributed by atoms with Gasteiger partial charge in [-0.05, 0) is 19.3 Å². The van der Waals surface area contributed by atoms with Crippen LogP contribution in [-0.4, -0.2) is 27.3 Å². The molecule has 0 radical (unpaired) electrons. The van der Waals surface area contributed by atoms with Gasteiger partial charge in [-0.25, -0.2) is 0 Å². The van der Waals surface area contributed by atoms with Crippen molar-refractivity contribution < 1.29 is 8.78 Å². The van der Waals surface area contributed by atoms with Crippen molar-refractivity contribution in [2.24, 2.45) is 0 Å². The number of halogens is 2. The maximum absolute atomic E-state index is 14.0. The van der Waals surface area contributed by atoms with Gasteiger partial charge in [-0.2, -0.15) is 24.0 Å². The van der Waals surface area contributed by atoms with Gasteiger partial charge in [-0.15, -0.1) is 11.8 Å². The smallest absolute Gasteiger partial charge is 0.238 e. The Morgan fingerprint density at radius 3 is 2.71 bits per heavy atom. The third kappa shape index (κ3) is 2.42. The molecule has 0 N–H and O–H groups in total. The van der Waals surface area contributed by atoms with Crippen LogP contribution in [0.3, 0.4) is 0 Å². The lowest BCUT2D eigenvalue weighted by atomic mass is 9.96. The van der Waals surface area contributed by atoms with Crippen LogP contribution in [0.2, 0.25) is 0 Å². The molecule has 24 heavy (non-hydrogen) atoms. The van der Waals surface area contributed by atoms with Gasteiger partial charge >= 0.3 is 0 Å². The number of aromatic nitrogens is 2. The fourth-order valence-electron chi connectivity index (χ4n) is 3.41. The van der Waals surface area contributed by atoms with Crippen molar-refractivity contribution in [2.45, 2.75) is 36.6 Å². The molecule has 3 aliphatic rings. The van der Waals surface area contributed by atoms with Gasteiger partial charge in [-0.1, -0.05) is 30.4 Å². The van der Waals surface area contributed by atoms with E-state index in [0.29, 0.717) is 0 Å². The molecule has 122 valence electrons. The molecule has 4 rings (SSSR count). The van der Waals surface area contributed by atoms with Crippen LogP contribution >= 0.6 is 11.8 Å². The lowest BCUT2D eigenvalue weighted by Gasteiger charge is -2.47. The van der Waals surface area contributed by atoms with E-state index in [0.717, 1.165) is 19.3 Å². The molecule has 4 nitrogen and oxygen atoms in total. The Bertz CT molecular complexity index is 786. The van der Waals surface area contributed by atoms with E-state index in [9.17, 15) is 8.78 Å². The first-order valence-electron chi connectivity index (χ1n) is 7.82. The summed E-state index contributed by atoms with van der Waals surface area (Å²) in [5.74, 6) is -2.20. The van der Waals surface area contributed by atoms with E-state index in [2.05, 4.69) is 22.1 Å². The molecule has 0 spiro atoms. The molecule has 3 atom stereocenters. The molecule has 1 aromatic rings. The molecule has 0 aromatic carbocycles. The highest BCUT2D eigenvalue weighted by Gasteiger charge is 2.41. The third-order valence-corrected chi connectivity index (χ3v) is 5.91. The predicted octanol–water partition coefficient (Wildman–Crippen LogP) is 3.48. The maximum Gasteiger partial charge on any atom is 0.238 e. The second-order valence-electron chi connectivity index (χ2n) is 5.90. The maximum atomic E-state index is 14.0. The number of fused-ring (bicyclic) bond motifs is 2. The Morgan fingerprint density at radius 2 is 1.96 bits per heavy atom. The summed E-state index contributed by atoms with van der Waals surface area (Å²) in [5.41, 5.74) is -0.736. The summed E-state index contributed by atoms with van der Waals surface area (Å²) < 4.78 is 28.0. The summed E-state index contributed by atoms with van der Waals surface area (Å²) in [4.78, 5) is 10.7. The highest BCUT2D eigenvalue weighted by molar-refractivity contribution is 8.04. The Balaban J connectivity index is 1.83. The summed E-state index contributed by atoms with van der Waals surface area (Å²) in [5, 5.41) is 8.97. The van der Waals surface area contributed by atoms with Crippen LogP contribution in [0.25, 0.3) is 0 Å². The zero-order valence-electron chi connectivity index (χ0n) is 12.7. The molecule has 2 heterocycles. The van der Waals surface area contributed by atoms with Crippen LogP contribution < -0.4 is 4.90 Å². The molecule has 0 bridgehead atoms. The zero-order valence-corrected chi connectivity index (χ0v) is 13.5. The van der Waals surface area contributed by atoms with E-state index in [1.807, 2.05) is 23.1 Å². The minimum absolute atomic E-state index is 0.0112. The Hall–Kier alpha value is -2.20. The number of nitriles is 1. The minimum Gasteiger partial charge on any atom is -0.325 e. The van der Waals surface area contributed by atoms with Gasteiger partial charge in [0.05, 0.1) is 17.3 Å². The average Bonchev–Trinajstić information content (AvgIpc) is 2.59. The summed E-state index contributed by atoms with van der Waals surface area (Å²) in [6.45, 7) is 0. The van der Waals surface area contributed by atoms with Crippen molar-refractivity contribution in [3.63, 3.8) is 0 Å². The van der Waals surface area contributed by atoms with E-state index >= 15 is 0 Å². The number of rotatable bonds is 1. The first-order chi connectivity index (χ1) is 11.7. The van der Waals surface area contributed by atoms with Gasteiger partial charge in [0, 0.05) is 4.91 Å². The number of thioether (sulfide) groups is 1. The quantitative estimate of drug-likeness (QED) is 0.730. The molecule has 2 aliphatic carbocycles. The highest BCUT2D eigenvalue weighted by atomic mass is 32.2. The van der Waals surface area contributed by atoms with Crippen molar-refractivity contribution in [1.29, 1.82) is 5.26 Å². The molecule has 1 aliphatic heterocycles. The van der Waals surface area contributed by atoms with Crippen LogP contribution in [0, 0.1) is 23.2 Å². The summed E-state index contributed by atoms with van der Waals surface area (Å²) in [7, 11) is 0.